The summed E-state index contributed by atoms with van der Waals surface area (Å²) < 4.78 is 24.5. The summed E-state index contributed by atoms with van der Waals surface area (Å²) in [5.74, 6) is -0.241. The van der Waals surface area contributed by atoms with Gasteiger partial charge >= 0.3 is 0 Å². The number of hydrogen-bond donors (Lipinski definition) is 2. The van der Waals surface area contributed by atoms with Gasteiger partial charge in [-0.25, -0.2) is 13.6 Å². The fraction of sp³-hybridized carbons (Fsp3) is 0.125. The highest BCUT2D eigenvalue weighted by molar-refractivity contribution is 7.89. The van der Waals surface area contributed by atoms with E-state index in [4.69, 9.17) is 5.14 Å². The molecule has 3 N–H and O–H groups in total. The molecule has 2 aromatic carbocycles. The van der Waals surface area contributed by atoms with Crippen LogP contribution in [0.2, 0.25) is 0 Å². The summed E-state index contributed by atoms with van der Waals surface area (Å²) in [5, 5.41) is 12.7. The van der Waals surface area contributed by atoms with Crippen LogP contribution in [0.3, 0.4) is 0 Å². The summed E-state index contributed by atoms with van der Waals surface area (Å²) in [6.07, 6.45) is 5.63. The second-order valence-corrected chi connectivity index (χ2v) is 9.07. The Kier molecular flexibility index (Phi) is 6.62. The Bertz CT molecular complexity index is 1340. The SMILES string of the molecule is NS(=O)(=O)c1ccc(CCNC(=O)c2cn(Cc3ccccc3)nc2-c2cccnc2)cc1. The van der Waals surface area contributed by atoms with Crippen molar-refractivity contribution in [2.75, 3.05) is 6.54 Å². The zero-order chi connectivity index (χ0) is 23.3. The monoisotopic (exact) mass is 461 g/mol. The third-order valence-electron chi connectivity index (χ3n) is 5.08. The first-order chi connectivity index (χ1) is 15.9. The van der Waals surface area contributed by atoms with Crippen LogP contribution in [0, 0.1) is 0 Å². The van der Waals surface area contributed by atoms with Gasteiger partial charge in [0.15, 0.2) is 0 Å². The molecule has 9 heteroatoms. The lowest BCUT2D eigenvalue weighted by Crippen LogP contribution is -2.26. The van der Waals surface area contributed by atoms with E-state index in [2.05, 4.69) is 15.4 Å². The van der Waals surface area contributed by atoms with E-state index >= 15 is 0 Å². The van der Waals surface area contributed by atoms with Gasteiger partial charge in [-0.2, -0.15) is 5.10 Å². The average molecular weight is 462 g/mol. The number of primary sulfonamides is 1. The van der Waals surface area contributed by atoms with Gasteiger partial charge in [-0.15, -0.1) is 0 Å². The molecule has 0 saturated carbocycles. The zero-order valence-electron chi connectivity index (χ0n) is 17.8. The Balaban J connectivity index is 1.48. The van der Waals surface area contributed by atoms with E-state index in [0.29, 0.717) is 30.8 Å². The molecule has 0 aliphatic rings. The number of pyridine rings is 1. The van der Waals surface area contributed by atoms with Crippen LogP contribution < -0.4 is 10.5 Å². The fourth-order valence-corrected chi connectivity index (χ4v) is 3.93. The quantitative estimate of drug-likeness (QED) is 0.418. The molecule has 33 heavy (non-hydrogen) atoms. The van der Waals surface area contributed by atoms with E-state index < -0.39 is 10.0 Å². The van der Waals surface area contributed by atoms with Gasteiger partial charge in [-0.1, -0.05) is 42.5 Å². The van der Waals surface area contributed by atoms with E-state index in [1.54, 1.807) is 41.5 Å². The second kappa shape index (κ2) is 9.76. The predicted molar refractivity (Wildman–Crippen MR) is 125 cm³/mol. The van der Waals surface area contributed by atoms with Crippen molar-refractivity contribution in [3.8, 4) is 11.3 Å². The topological polar surface area (TPSA) is 120 Å². The molecule has 2 aromatic heterocycles. The summed E-state index contributed by atoms with van der Waals surface area (Å²) in [5.41, 5.74) is 3.74. The molecule has 0 spiro atoms. The first-order valence-corrected chi connectivity index (χ1v) is 11.9. The van der Waals surface area contributed by atoms with Gasteiger partial charge < -0.3 is 5.32 Å². The standard InChI is InChI=1S/C24H23N5O3S/c25-33(31,32)21-10-8-18(9-11-21)12-14-27-24(30)22-17-29(16-19-5-2-1-3-6-19)28-23(22)20-7-4-13-26-15-20/h1-11,13,15,17H,12,14,16H2,(H,27,30)(H2,25,31,32). The van der Waals surface area contributed by atoms with Gasteiger partial charge in [-0.05, 0) is 41.8 Å². The van der Waals surface area contributed by atoms with Crippen LogP contribution in [-0.4, -0.2) is 35.6 Å². The Morgan fingerprint density at radius 3 is 2.39 bits per heavy atom. The number of amides is 1. The van der Waals surface area contributed by atoms with Crippen molar-refractivity contribution >= 4 is 15.9 Å². The first kappa shape index (κ1) is 22.4. The summed E-state index contributed by atoms with van der Waals surface area (Å²) >= 11 is 0. The molecule has 4 rings (SSSR count). The molecular weight excluding hydrogens is 438 g/mol. The smallest absolute Gasteiger partial charge is 0.255 e. The Morgan fingerprint density at radius 2 is 1.73 bits per heavy atom. The summed E-state index contributed by atoms with van der Waals surface area (Å²) in [7, 11) is -3.73. The van der Waals surface area contributed by atoms with Gasteiger partial charge in [-0.3, -0.25) is 14.5 Å². The first-order valence-electron chi connectivity index (χ1n) is 10.3. The van der Waals surface area contributed by atoms with Crippen molar-refractivity contribution in [2.24, 2.45) is 5.14 Å². The number of sulfonamides is 1. The highest BCUT2D eigenvalue weighted by Gasteiger charge is 2.18. The molecule has 168 valence electrons. The van der Waals surface area contributed by atoms with Crippen molar-refractivity contribution in [2.45, 2.75) is 17.9 Å². The van der Waals surface area contributed by atoms with Crippen molar-refractivity contribution in [1.82, 2.24) is 20.1 Å². The van der Waals surface area contributed by atoms with Gasteiger partial charge in [0, 0.05) is 30.7 Å². The zero-order valence-corrected chi connectivity index (χ0v) is 18.6. The van der Waals surface area contributed by atoms with E-state index in [1.165, 1.54) is 12.1 Å². The second-order valence-electron chi connectivity index (χ2n) is 7.51. The van der Waals surface area contributed by atoms with Crippen LogP contribution in [0.15, 0.2) is 90.2 Å². The third kappa shape index (κ3) is 5.71. The van der Waals surface area contributed by atoms with Gasteiger partial charge in [0.25, 0.3) is 5.91 Å². The number of nitrogens with zero attached hydrogens (tertiary/aromatic N) is 3. The average Bonchev–Trinajstić information content (AvgIpc) is 3.24. The van der Waals surface area contributed by atoms with Crippen LogP contribution in [0.1, 0.15) is 21.5 Å². The number of hydrogen-bond acceptors (Lipinski definition) is 5. The van der Waals surface area contributed by atoms with Gasteiger partial charge in [0.1, 0.15) is 5.69 Å². The lowest BCUT2D eigenvalue weighted by molar-refractivity contribution is 0.0954. The minimum absolute atomic E-state index is 0.0576. The summed E-state index contributed by atoms with van der Waals surface area (Å²) in [6.45, 7) is 0.918. The van der Waals surface area contributed by atoms with Gasteiger partial charge in [0.05, 0.1) is 17.0 Å². The number of benzene rings is 2. The number of carbonyl (C=O) groups excluding carboxylic acids is 1. The van der Waals surface area contributed by atoms with E-state index in [0.717, 1.165) is 16.7 Å². The molecule has 0 saturated heterocycles. The molecule has 0 aliphatic carbocycles. The maximum Gasteiger partial charge on any atom is 0.255 e. The number of nitrogens with two attached hydrogens (primary N) is 1. The van der Waals surface area contributed by atoms with E-state index in [-0.39, 0.29) is 10.8 Å². The van der Waals surface area contributed by atoms with Crippen molar-refractivity contribution < 1.29 is 13.2 Å². The third-order valence-corrected chi connectivity index (χ3v) is 6.01. The molecule has 8 nitrogen and oxygen atoms in total. The van der Waals surface area contributed by atoms with Crippen LogP contribution >= 0.6 is 0 Å². The summed E-state index contributed by atoms with van der Waals surface area (Å²) in [6, 6.07) is 19.9. The maximum absolute atomic E-state index is 13.0. The molecule has 0 fully saturated rings. The molecule has 0 aliphatic heterocycles. The molecule has 0 atom stereocenters. The minimum Gasteiger partial charge on any atom is -0.352 e. The molecular formula is C24H23N5O3S. The largest absolute Gasteiger partial charge is 0.352 e. The van der Waals surface area contributed by atoms with Crippen molar-refractivity contribution in [3.63, 3.8) is 0 Å². The molecule has 2 heterocycles. The van der Waals surface area contributed by atoms with Crippen LogP contribution in [0.25, 0.3) is 11.3 Å². The molecule has 0 bridgehead atoms. The highest BCUT2D eigenvalue weighted by atomic mass is 32.2. The Morgan fingerprint density at radius 1 is 0.970 bits per heavy atom. The fourth-order valence-electron chi connectivity index (χ4n) is 3.42. The number of carbonyl (C=O) groups is 1. The van der Waals surface area contributed by atoms with Crippen LogP contribution in [-0.2, 0) is 23.0 Å². The Labute approximate surface area is 192 Å². The van der Waals surface area contributed by atoms with E-state index in [9.17, 15) is 13.2 Å². The van der Waals surface area contributed by atoms with Gasteiger partial charge in [0.2, 0.25) is 10.0 Å². The molecule has 1 amide bonds. The molecule has 0 radical (unpaired) electrons. The van der Waals surface area contributed by atoms with Crippen LogP contribution in [0.4, 0.5) is 0 Å². The minimum atomic E-state index is -3.73. The van der Waals surface area contributed by atoms with Crippen molar-refractivity contribution in [3.05, 3.63) is 102 Å². The molecule has 4 aromatic rings. The summed E-state index contributed by atoms with van der Waals surface area (Å²) in [4.78, 5) is 17.2. The van der Waals surface area contributed by atoms with Crippen molar-refractivity contribution in [1.29, 1.82) is 0 Å². The maximum atomic E-state index is 13.0. The lowest BCUT2D eigenvalue weighted by Gasteiger charge is -2.06. The normalized spacial score (nSPS) is 11.3. The number of aromatic nitrogens is 3. The number of rotatable bonds is 8. The molecule has 0 unspecified atom stereocenters. The number of nitrogens with one attached hydrogen (secondary N) is 1. The van der Waals surface area contributed by atoms with E-state index in [1.807, 2.05) is 36.4 Å². The van der Waals surface area contributed by atoms with Crippen LogP contribution in [0.5, 0.6) is 0 Å². The lowest BCUT2D eigenvalue weighted by atomic mass is 10.1. The predicted octanol–water partition coefficient (Wildman–Crippen LogP) is 2.61. The highest BCUT2D eigenvalue weighted by Crippen LogP contribution is 2.22. The Hall–Kier alpha value is -3.82.